The highest BCUT2D eigenvalue weighted by Crippen LogP contribution is 2.08. The molecule has 0 radical (unpaired) electrons. The van der Waals surface area contributed by atoms with Crippen molar-refractivity contribution in [2.24, 2.45) is 7.05 Å². The van der Waals surface area contributed by atoms with E-state index in [2.05, 4.69) is 21.5 Å². The van der Waals surface area contributed by atoms with Gasteiger partial charge in [0.25, 0.3) is 0 Å². The summed E-state index contributed by atoms with van der Waals surface area (Å²) in [4.78, 5) is 4.24. The summed E-state index contributed by atoms with van der Waals surface area (Å²) in [6.07, 6.45) is 0. The standard InChI is InChI=1S/C12H13N5/c1-9-15-12(17(2)16-9)14-8-11-5-3-4-10(6-11)7-13/h3-6H,8H2,1-2H3,(H,14,15,16). The van der Waals surface area contributed by atoms with Gasteiger partial charge in [-0.15, -0.1) is 0 Å². The van der Waals surface area contributed by atoms with Crippen molar-refractivity contribution in [1.29, 1.82) is 5.26 Å². The second kappa shape index (κ2) is 4.66. The molecule has 86 valence electrons. The molecule has 1 heterocycles. The summed E-state index contributed by atoms with van der Waals surface area (Å²) >= 11 is 0. The lowest BCUT2D eigenvalue weighted by Crippen LogP contribution is -2.05. The number of hydrogen-bond donors (Lipinski definition) is 1. The van der Waals surface area contributed by atoms with E-state index in [0.717, 1.165) is 17.3 Å². The summed E-state index contributed by atoms with van der Waals surface area (Å²) in [5, 5.41) is 16.1. The molecule has 2 rings (SSSR count). The minimum atomic E-state index is 0.626. The van der Waals surface area contributed by atoms with Gasteiger partial charge in [0.05, 0.1) is 11.6 Å². The number of rotatable bonds is 3. The Morgan fingerprint density at radius 1 is 1.47 bits per heavy atom. The van der Waals surface area contributed by atoms with Crippen LogP contribution in [0.5, 0.6) is 0 Å². The van der Waals surface area contributed by atoms with Gasteiger partial charge in [-0.05, 0) is 24.6 Å². The number of nitrogens with zero attached hydrogens (tertiary/aromatic N) is 4. The molecule has 1 aromatic carbocycles. The first-order valence-corrected chi connectivity index (χ1v) is 5.29. The highest BCUT2D eigenvalue weighted by molar-refractivity contribution is 5.35. The fourth-order valence-electron chi connectivity index (χ4n) is 1.60. The number of nitriles is 1. The summed E-state index contributed by atoms with van der Waals surface area (Å²) < 4.78 is 1.70. The van der Waals surface area contributed by atoms with Gasteiger partial charge in [-0.25, -0.2) is 4.68 Å². The first-order chi connectivity index (χ1) is 8.19. The van der Waals surface area contributed by atoms with Crippen LogP contribution >= 0.6 is 0 Å². The predicted molar refractivity (Wildman–Crippen MR) is 64.2 cm³/mol. The molecule has 0 aliphatic carbocycles. The van der Waals surface area contributed by atoms with E-state index >= 15 is 0 Å². The van der Waals surface area contributed by atoms with Crippen LogP contribution in [0.2, 0.25) is 0 Å². The van der Waals surface area contributed by atoms with Gasteiger partial charge in [0.2, 0.25) is 5.95 Å². The molecule has 17 heavy (non-hydrogen) atoms. The molecule has 0 spiro atoms. The lowest BCUT2D eigenvalue weighted by atomic mass is 10.1. The maximum Gasteiger partial charge on any atom is 0.221 e. The largest absolute Gasteiger partial charge is 0.350 e. The summed E-state index contributed by atoms with van der Waals surface area (Å²) in [5.74, 6) is 1.46. The van der Waals surface area contributed by atoms with Crippen molar-refractivity contribution in [2.75, 3.05) is 5.32 Å². The molecule has 5 heteroatoms. The van der Waals surface area contributed by atoms with Gasteiger partial charge in [-0.1, -0.05) is 12.1 Å². The first kappa shape index (κ1) is 11.1. The van der Waals surface area contributed by atoms with Gasteiger partial charge in [0, 0.05) is 13.6 Å². The van der Waals surface area contributed by atoms with E-state index in [9.17, 15) is 0 Å². The SMILES string of the molecule is Cc1nc(NCc2cccc(C#N)c2)n(C)n1. The number of aryl methyl sites for hydroxylation is 2. The molecule has 0 amide bonds. The smallest absolute Gasteiger partial charge is 0.221 e. The first-order valence-electron chi connectivity index (χ1n) is 5.29. The molecule has 0 aliphatic rings. The highest BCUT2D eigenvalue weighted by Gasteiger charge is 2.03. The molecule has 0 aliphatic heterocycles. The molecule has 2 aromatic rings. The molecule has 0 unspecified atom stereocenters. The van der Waals surface area contributed by atoms with E-state index in [1.54, 1.807) is 10.7 Å². The van der Waals surface area contributed by atoms with E-state index < -0.39 is 0 Å². The molecule has 0 bridgehead atoms. The van der Waals surface area contributed by atoms with Gasteiger partial charge in [0.15, 0.2) is 0 Å². The van der Waals surface area contributed by atoms with Crippen LogP contribution in [0.15, 0.2) is 24.3 Å². The third kappa shape index (κ3) is 2.61. The minimum absolute atomic E-state index is 0.626. The Morgan fingerprint density at radius 3 is 2.94 bits per heavy atom. The zero-order valence-corrected chi connectivity index (χ0v) is 9.81. The van der Waals surface area contributed by atoms with Crippen LogP contribution in [0.4, 0.5) is 5.95 Å². The Labute approximate surface area is 99.7 Å². The summed E-state index contributed by atoms with van der Waals surface area (Å²) in [6, 6.07) is 9.61. The normalized spacial score (nSPS) is 9.94. The van der Waals surface area contributed by atoms with Crippen LogP contribution < -0.4 is 5.32 Å². The third-order valence-corrected chi connectivity index (χ3v) is 2.38. The van der Waals surface area contributed by atoms with E-state index in [4.69, 9.17) is 5.26 Å². The molecule has 0 atom stereocenters. The molecule has 0 saturated carbocycles. The zero-order chi connectivity index (χ0) is 12.3. The lowest BCUT2D eigenvalue weighted by Gasteiger charge is -2.04. The van der Waals surface area contributed by atoms with E-state index in [1.807, 2.05) is 32.2 Å². The molecule has 0 saturated heterocycles. The van der Waals surface area contributed by atoms with Crippen LogP contribution in [0.1, 0.15) is 17.0 Å². The zero-order valence-electron chi connectivity index (χ0n) is 9.81. The van der Waals surface area contributed by atoms with Gasteiger partial charge in [-0.2, -0.15) is 15.3 Å². The summed E-state index contributed by atoms with van der Waals surface area (Å²) in [5.41, 5.74) is 1.71. The fraction of sp³-hybridized carbons (Fsp3) is 0.250. The Balaban J connectivity index is 2.07. The van der Waals surface area contributed by atoms with E-state index in [0.29, 0.717) is 12.1 Å². The number of nitrogens with one attached hydrogen (secondary N) is 1. The van der Waals surface area contributed by atoms with Crippen molar-refractivity contribution in [3.05, 3.63) is 41.2 Å². The quantitative estimate of drug-likeness (QED) is 0.865. The monoisotopic (exact) mass is 227 g/mol. The Bertz CT molecular complexity index is 565. The van der Waals surface area contributed by atoms with Crippen LogP contribution in [-0.4, -0.2) is 14.8 Å². The Kier molecular flexibility index (Phi) is 3.06. The minimum Gasteiger partial charge on any atom is -0.350 e. The van der Waals surface area contributed by atoms with Gasteiger partial charge >= 0.3 is 0 Å². The summed E-state index contributed by atoms with van der Waals surface area (Å²) in [7, 11) is 1.84. The fourth-order valence-corrected chi connectivity index (χ4v) is 1.60. The number of anilines is 1. The van der Waals surface area contributed by atoms with Crippen LogP contribution in [0.3, 0.4) is 0 Å². The molecule has 0 fully saturated rings. The van der Waals surface area contributed by atoms with Gasteiger partial charge in [0.1, 0.15) is 5.82 Å². The second-order valence-electron chi connectivity index (χ2n) is 3.77. The molecule has 1 aromatic heterocycles. The molecular weight excluding hydrogens is 214 g/mol. The molecule has 1 N–H and O–H groups in total. The average molecular weight is 227 g/mol. The lowest BCUT2D eigenvalue weighted by molar-refractivity contribution is 0.757. The van der Waals surface area contributed by atoms with Crippen molar-refractivity contribution in [3.8, 4) is 6.07 Å². The van der Waals surface area contributed by atoms with Crippen molar-refractivity contribution in [1.82, 2.24) is 14.8 Å². The van der Waals surface area contributed by atoms with Crippen molar-refractivity contribution < 1.29 is 0 Å². The number of aromatic nitrogens is 3. The Hall–Kier alpha value is -2.35. The average Bonchev–Trinajstić information content (AvgIpc) is 2.65. The Morgan fingerprint density at radius 2 is 2.29 bits per heavy atom. The van der Waals surface area contributed by atoms with Crippen molar-refractivity contribution in [3.63, 3.8) is 0 Å². The van der Waals surface area contributed by atoms with E-state index in [1.165, 1.54) is 0 Å². The highest BCUT2D eigenvalue weighted by atomic mass is 15.4. The topological polar surface area (TPSA) is 66.5 Å². The van der Waals surface area contributed by atoms with Crippen molar-refractivity contribution >= 4 is 5.95 Å². The van der Waals surface area contributed by atoms with Crippen LogP contribution in [0.25, 0.3) is 0 Å². The molecular formula is C12H13N5. The maximum absolute atomic E-state index is 8.80. The van der Waals surface area contributed by atoms with Gasteiger partial charge in [-0.3, -0.25) is 0 Å². The number of benzene rings is 1. The predicted octanol–water partition coefficient (Wildman–Crippen LogP) is 1.61. The molecule has 5 nitrogen and oxygen atoms in total. The van der Waals surface area contributed by atoms with E-state index in [-0.39, 0.29) is 0 Å². The van der Waals surface area contributed by atoms with Crippen LogP contribution in [0, 0.1) is 18.3 Å². The third-order valence-electron chi connectivity index (χ3n) is 2.38. The van der Waals surface area contributed by atoms with Crippen LogP contribution in [-0.2, 0) is 13.6 Å². The maximum atomic E-state index is 8.80. The van der Waals surface area contributed by atoms with Crippen molar-refractivity contribution in [2.45, 2.75) is 13.5 Å². The second-order valence-corrected chi connectivity index (χ2v) is 3.77. The summed E-state index contributed by atoms with van der Waals surface area (Å²) in [6.45, 7) is 2.48. The van der Waals surface area contributed by atoms with Gasteiger partial charge < -0.3 is 5.32 Å². The number of hydrogen-bond acceptors (Lipinski definition) is 4.